The second-order valence-corrected chi connectivity index (χ2v) is 12.2. The Balaban J connectivity index is 0.00000462. The maximum atomic E-state index is 13.3. The number of Topliss-reactive ketones (excluding diaryl/α,β-unsaturated/α-hetero) is 1. The van der Waals surface area contributed by atoms with E-state index in [9.17, 15) is 18.0 Å². The van der Waals surface area contributed by atoms with E-state index in [1.165, 1.54) is 17.3 Å². The molecule has 0 aliphatic carbocycles. The molecule has 0 radical (unpaired) electrons. The maximum absolute atomic E-state index is 13.3. The van der Waals surface area contributed by atoms with Gasteiger partial charge >= 0.3 is 6.18 Å². The van der Waals surface area contributed by atoms with Crippen LogP contribution in [0.4, 0.5) is 24.5 Å². The van der Waals surface area contributed by atoms with Crippen LogP contribution in [0.25, 0.3) is 0 Å². The van der Waals surface area contributed by atoms with Crippen LogP contribution in [0, 0.1) is 17.2 Å². The summed E-state index contributed by atoms with van der Waals surface area (Å²) in [6.45, 7) is 12.8. The summed E-state index contributed by atoms with van der Waals surface area (Å²) in [4.78, 5) is 19.5. The fourth-order valence-corrected chi connectivity index (χ4v) is 5.78. The first-order chi connectivity index (χ1) is 18.9. The number of hydrogen-bond donors (Lipinski definition) is 0. The molecule has 0 N–H and O–H groups in total. The van der Waals surface area contributed by atoms with Gasteiger partial charge in [0.15, 0.2) is 0 Å². The fourth-order valence-electron chi connectivity index (χ4n) is 5.78. The van der Waals surface area contributed by atoms with E-state index in [0.29, 0.717) is 31.6 Å². The highest BCUT2D eigenvalue weighted by molar-refractivity contribution is 5.78. The third kappa shape index (κ3) is 8.72. The van der Waals surface area contributed by atoms with Crippen molar-refractivity contribution in [2.45, 2.75) is 71.9 Å². The van der Waals surface area contributed by atoms with Crippen LogP contribution in [0.3, 0.4) is 0 Å². The van der Waals surface area contributed by atoms with Crippen LogP contribution in [0.5, 0.6) is 0 Å². The summed E-state index contributed by atoms with van der Waals surface area (Å²) in [5.41, 5.74) is 2.01. The molecule has 4 rings (SSSR count). The zero-order valence-electron chi connectivity index (χ0n) is 23.9. The number of ketones is 1. The number of piperidine rings is 1. The Morgan fingerprint density at radius 1 is 0.902 bits per heavy atom. The van der Waals surface area contributed by atoms with Crippen molar-refractivity contribution in [2.75, 3.05) is 55.6 Å². The van der Waals surface area contributed by atoms with Gasteiger partial charge in [-0.15, -0.1) is 0 Å². The summed E-state index contributed by atoms with van der Waals surface area (Å²) >= 11 is 0. The Labute approximate surface area is 243 Å². The first kappa shape index (κ1) is 32.5. The Morgan fingerprint density at radius 2 is 1.49 bits per heavy atom. The first-order valence-corrected chi connectivity index (χ1v) is 14.4. The molecule has 0 saturated carbocycles. The number of rotatable bonds is 8. The molecule has 2 fully saturated rings. The molecule has 2 aliphatic rings. The second kappa shape index (κ2) is 13.7. The average molecular weight is 571 g/mol. The first-order valence-electron chi connectivity index (χ1n) is 14.4. The van der Waals surface area contributed by atoms with Gasteiger partial charge in [-0.1, -0.05) is 40.3 Å². The smallest absolute Gasteiger partial charge is 0.372 e. The lowest BCUT2D eigenvalue weighted by atomic mass is 9.87. The number of nitrogens with zero attached hydrogens (tertiary/aromatic N) is 4. The van der Waals surface area contributed by atoms with E-state index in [2.05, 4.69) is 54.8 Å². The molecule has 0 bridgehead atoms. The molecule has 0 atom stereocenters. The Morgan fingerprint density at radius 3 is 2.05 bits per heavy atom. The normalized spacial score (nSPS) is 17.2. The minimum absolute atomic E-state index is 0. The van der Waals surface area contributed by atoms with Crippen molar-refractivity contribution >= 4 is 17.2 Å². The lowest BCUT2D eigenvalue weighted by Gasteiger charge is -2.36. The molecular weight excluding hydrogens is 525 g/mol. The largest absolute Gasteiger partial charge is 0.417 e. The molecule has 2 heterocycles. The van der Waals surface area contributed by atoms with E-state index in [-0.39, 0.29) is 30.1 Å². The van der Waals surface area contributed by atoms with Crippen molar-refractivity contribution in [3.63, 3.8) is 0 Å². The summed E-state index contributed by atoms with van der Waals surface area (Å²) in [6.07, 6.45) is -0.995. The molecule has 0 amide bonds. The quantitative estimate of drug-likeness (QED) is 0.334. The van der Waals surface area contributed by atoms with Crippen molar-refractivity contribution in [1.82, 2.24) is 4.90 Å². The number of halogens is 3. The second-order valence-electron chi connectivity index (χ2n) is 12.2. The molecular formula is C33H45F3N4O. The molecule has 41 heavy (non-hydrogen) atoms. The van der Waals surface area contributed by atoms with Gasteiger partial charge in [0.2, 0.25) is 0 Å². The summed E-state index contributed by atoms with van der Waals surface area (Å²) in [7, 11) is 0. The van der Waals surface area contributed by atoms with Gasteiger partial charge in [-0.05, 0) is 73.0 Å². The van der Waals surface area contributed by atoms with Gasteiger partial charge < -0.3 is 9.80 Å². The number of carbonyl (C=O) groups is 1. The van der Waals surface area contributed by atoms with Crippen LogP contribution in [-0.4, -0.2) is 56.5 Å². The molecule has 2 aromatic rings. The van der Waals surface area contributed by atoms with E-state index >= 15 is 0 Å². The number of nitriles is 1. The van der Waals surface area contributed by atoms with Gasteiger partial charge in [0, 0.05) is 63.5 Å². The monoisotopic (exact) mass is 570 g/mol. The number of anilines is 2. The summed E-state index contributed by atoms with van der Waals surface area (Å²) < 4.78 is 40.0. The van der Waals surface area contributed by atoms with Crippen molar-refractivity contribution in [2.24, 2.45) is 5.92 Å². The van der Waals surface area contributed by atoms with Crippen molar-refractivity contribution < 1.29 is 18.0 Å². The Bertz CT molecular complexity index is 1180. The van der Waals surface area contributed by atoms with Crippen molar-refractivity contribution in [1.29, 1.82) is 5.26 Å². The molecule has 2 aromatic carbocycles. The van der Waals surface area contributed by atoms with Crippen molar-refractivity contribution in [3.8, 4) is 6.07 Å². The molecule has 0 aromatic heterocycles. The minimum atomic E-state index is -4.56. The summed E-state index contributed by atoms with van der Waals surface area (Å²) in [6, 6.07) is 14.5. The highest BCUT2D eigenvalue weighted by Gasteiger charge is 2.34. The minimum Gasteiger partial charge on any atom is -0.372 e. The summed E-state index contributed by atoms with van der Waals surface area (Å²) in [5, 5.41) is 9.02. The number of alkyl halides is 3. The molecule has 224 valence electrons. The van der Waals surface area contributed by atoms with Gasteiger partial charge in [-0.3, -0.25) is 9.69 Å². The molecule has 2 aliphatic heterocycles. The lowest BCUT2D eigenvalue weighted by molar-refractivity contribution is -0.137. The van der Waals surface area contributed by atoms with Crippen LogP contribution in [0.15, 0.2) is 42.5 Å². The molecule has 2 saturated heterocycles. The lowest BCUT2D eigenvalue weighted by Crippen LogP contribution is -2.46. The van der Waals surface area contributed by atoms with Crippen molar-refractivity contribution in [3.05, 3.63) is 59.2 Å². The molecule has 0 unspecified atom stereocenters. The highest BCUT2D eigenvalue weighted by Crippen LogP contribution is 2.35. The topological polar surface area (TPSA) is 50.6 Å². The predicted octanol–water partition coefficient (Wildman–Crippen LogP) is 7.29. The average Bonchev–Trinajstić information content (AvgIpc) is 2.92. The van der Waals surface area contributed by atoms with E-state index in [4.69, 9.17) is 5.26 Å². The third-order valence-corrected chi connectivity index (χ3v) is 8.33. The summed E-state index contributed by atoms with van der Waals surface area (Å²) in [5.74, 6) is 0.561. The Hall–Kier alpha value is -3.05. The van der Waals surface area contributed by atoms with E-state index in [1.807, 2.05) is 4.90 Å². The van der Waals surface area contributed by atoms with Gasteiger partial charge in [0.1, 0.15) is 5.78 Å². The van der Waals surface area contributed by atoms with Gasteiger partial charge in [0.25, 0.3) is 0 Å². The molecule has 0 spiro atoms. The SMILES string of the molecule is C.CC(C)(C)c1ccc(N2CCN(CCCC(=O)CC3CCN(c4ccc(C#N)c(C(F)(F)F)c4)CC3)CC2)cc1. The van der Waals surface area contributed by atoms with Gasteiger partial charge in [-0.2, -0.15) is 18.4 Å². The molecule has 5 nitrogen and oxygen atoms in total. The van der Waals surface area contributed by atoms with E-state index in [1.54, 1.807) is 12.1 Å². The third-order valence-electron chi connectivity index (χ3n) is 8.33. The van der Waals surface area contributed by atoms with E-state index in [0.717, 1.165) is 58.1 Å². The zero-order chi connectivity index (χ0) is 28.9. The molecule has 8 heteroatoms. The van der Waals surface area contributed by atoms with Gasteiger partial charge in [0.05, 0.1) is 17.2 Å². The van der Waals surface area contributed by atoms with Crippen LogP contribution in [-0.2, 0) is 16.4 Å². The maximum Gasteiger partial charge on any atom is 0.417 e. The van der Waals surface area contributed by atoms with Crippen LogP contribution in [0.1, 0.15) is 77.0 Å². The zero-order valence-corrected chi connectivity index (χ0v) is 23.9. The predicted molar refractivity (Wildman–Crippen MR) is 160 cm³/mol. The number of piperazine rings is 1. The number of hydrogen-bond acceptors (Lipinski definition) is 5. The van der Waals surface area contributed by atoms with Gasteiger partial charge in [-0.25, -0.2) is 0 Å². The number of carbonyl (C=O) groups excluding carboxylic acids is 1. The highest BCUT2D eigenvalue weighted by atomic mass is 19.4. The van der Waals surface area contributed by atoms with Crippen LogP contribution < -0.4 is 9.80 Å². The van der Waals surface area contributed by atoms with Crippen LogP contribution in [0.2, 0.25) is 0 Å². The number of benzene rings is 2. The van der Waals surface area contributed by atoms with Crippen LogP contribution >= 0.6 is 0 Å². The standard InChI is InChI=1S/C32H41F3N4O.CH4/c1-31(2,3)26-7-10-27(11-8-26)39-19-17-37(18-20-39)14-4-5-29(40)21-24-12-15-38(16-13-24)28-9-6-25(23-36)30(22-28)32(33,34)35;/h6-11,22,24H,4-5,12-21H2,1-3H3;1H4. The Kier molecular flexibility index (Phi) is 10.9. The fraction of sp³-hybridized carbons (Fsp3) is 0.576. The van der Waals surface area contributed by atoms with E-state index < -0.39 is 11.7 Å².